The Balaban J connectivity index is 0.000000640. The SMILES string of the molecule is CC(C)N.CCCCCCC1(C(=O)NCC)c2ccccc2-c2ccccc21. The molecule has 2 aromatic rings. The summed E-state index contributed by atoms with van der Waals surface area (Å²) in [6.07, 6.45) is 5.58. The fourth-order valence-corrected chi connectivity index (χ4v) is 4.08. The van der Waals surface area contributed by atoms with Gasteiger partial charge in [-0.05, 0) is 41.6 Å². The van der Waals surface area contributed by atoms with Gasteiger partial charge < -0.3 is 11.1 Å². The molecule has 0 radical (unpaired) electrons. The van der Waals surface area contributed by atoms with E-state index in [9.17, 15) is 4.79 Å². The molecule has 152 valence electrons. The zero-order valence-corrected chi connectivity index (χ0v) is 17.9. The molecule has 1 amide bonds. The Labute approximate surface area is 170 Å². The second-order valence-corrected chi connectivity index (χ2v) is 7.91. The van der Waals surface area contributed by atoms with Gasteiger partial charge in [0.1, 0.15) is 5.41 Å². The van der Waals surface area contributed by atoms with Crippen molar-refractivity contribution in [1.29, 1.82) is 0 Å². The van der Waals surface area contributed by atoms with E-state index in [2.05, 4.69) is 60.8 Å². The molecule has 2 aromatic carbocycles. The standard InChI is InChI=1S/C22H27NO.C3H9N/c1-3-5-6-11-16-22(21(24)23-4-2)19-14-9-7-12-17(19)18-13-8-10-15-20(18)22;1-3(2)4/h7-10,12-15H,3-6,11,16H2,1-2H3,(H,23,24);3H,4H2,1-2H3. The number of amides is 1. The Morgan fingerprint density at radius 1 is 0.929 bits per heavy atom. The molecule has 0 aliphatic heterocycles. The predicted octanol–water partition coefficient (Wildman–Crippen LogP) is 5.41. The van der Waals surface area contributed by atoms with Gasteiger partial charge in [0.2, 0.25) is 5.91 Å². The van der Waals surface area contributed by atoms with Crippen LogP contribution in [0.5, 0.6) is 0 Å². The van der Waals surface area contributed by atoms with Crippen molar-refractivity contribution >= 4 is 5.91 Å². The lowest BCUT2D eigenvalue weighted by Gasteiger charge is -2.31. The molecule has 0 unspecified atom stereocenters. The summed E-state index contributed by atoms with van der Waals surface area (Å²) in [6.45, 7) is 8.77. The number of benzene rings is 2. The number of nitrogens with one attached hydrogen (secondary N) is 1. The van der Waals surface area contributed by atoms with Crippen LogP contribution in [0.4, 0.5) is 0 Å². The molecule has 0 saturated heterocycles. The van der Waals surface area contributed by atoms with Crippen LogP contribution in [-0.2, 0) is 10.2 Å². The topological polar surface area (TPSA) is 55.1 Å². The zero-order valence-electron chi connectivity index (χ0n) is 17.9. The number of hydrogen-bond acceptors (Lipinski definition) is 2. The molecule has 0 aromatic heterocycles. The number of rotatable bonds is 7. The molecule has 0 atom stereocenters. The summed E-state index contributed by atoms with van der Waals surface area (Å²) in [5, 5.41) is 3.11. The zero-order chi connectivity index (χ0) is 20.6. The highest BCUT2D eigenvalue weighted by molar-refractivity contribution is 6.00. The van der Waals surface area contributed by atoms with Crippen LogP contribution in [0.1, 0.15) is 70.9 Å². The monoisotopic (exact) mass is 380 g/mol. The number of carbonyl (C=O) groups excluding carboxylic acids is 1. The van der Waals surface area contributed by atoms with Crippen LogP contribution in [0.25, 0.3) is 11.1 Å². The number of hydrogen-bond donors (Lipinski definition) is 2. The average molecular weight is 381 g/mol. The molecule has 3 nitrogen and oxygen atoms in total. The van der Waals surface area contributed by atoms with Gasteiger partial charge in [0.25, 0.3) is 0 Å². The van der Waals surface area contributed by atoms with Crippen LogP contribution in [0, 0.1) is 0 Å². The highest BCUT2D eigenvalue weighted by atomic mass is 16.2. The molecule has 3 rings (SSSR count). The fourth-order valence-electron chi connectivity index (χ4n) is 4.08. The summed E-state index contributed by atoms with van der Waals surface area (Å²) in [6, 6.07) is 17.2. The maximum absolute atomic E-state index is 13.2. The van der Waals surface area contributed by atoms with E-state index in [0.717, 1.165) is 12.8 Å². The van der Waals surface area contributed by atoms with E-state index in [0.29, 0.717) is 12.6 Å². The van der Waals surface area contributed by atoms with Crippen molar-refractivity contribution < 1.29 is 4.79 Å². The molecule has 1 aliphatic rings. The smallest absolute Gasteiger partial charge is 0.235 e. The molecule has 0 bridgehead atoms. The summed E-state index contributed by atoms with van der Waals surface area (Å²) in [7, 11) is 0. The third kappa shape index (κ3) is 4.64. The summed E-state index contributed by atoms with van der Waals surface area (Å²) in [4.78, 5) is 13.2. The molecule has 0 heterocycles. The first-order chi connectivity index (χ1) is 13.5. The lowest BCUT2D eigenvalue weighted by molar-refractivity contribution is -0.125. The minimum absolute atomic E-state index is 0.152. The number of nitrogens with two attached hydrogens (primary N) is 1. The third-order valence-electron chi connectivity index (χ3n) is 5.19. The lowest BCUT2D eigenvalue weighted by Crippen LogP contribution is -2.44. The van der Waals surface area contributed by atoms with Crippen LogP contribution < -0.4 is 11.1 Å². The molecule has 0 spiro atoms. The fraction of sp³-hybridized carbons (Fsp3) is 0.480. The van der Waals surface area contributed by atoms with Gasteiger partial charge in [-0.2, -0.15) is 0 Å². The van der Waals surface area contributed by atoms with Gasteiger partial charge in [0.05, 0.1) is 0 Å². The van der Waals surface area contributed by atoms with Crippen molar-refractivity contribution in [3.05, 3.63) is 59.7 Å². The minimum atomic E-state index is -0.531. The van der Waals surface area contributed by atoms with Crippen molar-refractivity contribution in [2.24, 2.45) is 5.73 Å². The molecular formula is C25H36N2O. The normalized spacial score (nSPS) is 13.4. The van der Waals surface area contributed by atoms with E-state index in [4.69, 9.17) is 5.73 Å². The Morgan fingerprint density at radius 2 is 1.43 bits per heavy atom. The summed E-state index contributed by atoms with van der Waals surface area (Å²) in [5.41, 5.74) is 9.36. The average Bonchev–Trinajstić information content (AvgIpc) is 2.96. The molecule has 0 fully saturated rings. The first-order valence-corrected chi connectivity index (χ1v) is 10.7. The van der Waals surface area contributed by atoms with Crippen molar-refractivity contribution in [2.45, 2.75) is 71.3 Å². The first kappa shape index (κ1) is 22.2. The summed E-state index contributed by atoms with van der Waals surface area (Å²) >= 11 is 0. The maximum atomic E-state index is 13.2. The van der Waals surface area contributed by atoms with Gasteiger partial charge in [-0.3, -0.25) is 4.79 Å². The van der Waals surface area contributed by atoms with Gasteiger partial charge in [-0.15, -0.1) is 0 Å². The van der Waals surface area contributed by atoms with Crippen LogP contribution in [0.3, 0.4) is 0 Å². The van der Waals surface area contributed by atoms with E-state index in [1.54, 1.807) is 0 Å². The van der Waals surface area contributed by atoms with E-state index < -0.39 is 5.41 Å². The van der Waals surface area contributed by atoms with Gasteiger partial charge in [0.15, 0.2) is 0 Å². The minimum Gasteiger partial charge on any atom is -0.355 e. The van der Waals surface area contributed by atoms with Crippen molar-refractivity contribution in [3.63, 3.8) is 0 Å². The number of carbonyl (C=O) groups is 1. The predicted molar refractivity (Wildman–Crippen MR) is 119 cm³/mol. The van der Waals surface area contributed by atoms with Gasteiger partial charge in [-0.1, -0.05) is 95.0 Å². The second kappa shape index (κ2) is 10.4. The quantitative estimate of drug-likeness (QED) is 0.631. The Kier molecular flexibility index (Phi) is 8.25. The number of unbranched alkanes of at least 4 members (excludes halogenated alkanes) is 3. The van der Waals surface area contributed by atoms with Crippen molar-refractivity contribution in [2.75, 3.05) is 6.54 Å². The van der Waals surface area contributed by atoms with E-state index in [1.807, 2.05) is 20.8 Å². The molecular weight excluding hydrogens is 344 g/mol. The van der Waals surface area contributed by atoms with E-state index in [-0.39, 0.29) is 5.91 Å². The van der Waals surface area contributed by atoms with E-state index in [1.165, 1.54) is 41.5 Å². The highest BCUT2D eigenvalue weighted by Gasteiger charge is 2.48. The first-order valence-electron chi connectivity index (χ1n) is 10.7. The summed E-state index contributed by atoms with van der Waals surface area (Å²) in [5.74, 6) is 0.152. The third-order valence-corrected chi connectivity index (χ3v) is 5.19. The van der Waals surface area contributed by atoms with Gasteiger partial charge in [-0.25, -0.2) is 0 Å². The van der Waals surface area contributed by atoms with Gasteiger partial charge in [0, 0.05) is 6.54 Å². The molecule has 1 aliphatic carbocycles. The van der Waals surface area contributed by atoms with Crippen molar-refractivity contribution in [1.82, 2.24) is 5.32 Å². The van der Waals surface area contributed by atoms with Crippen LogP contribution >= 0.6 is 0 Å². The maximum Gasteiger partial charge on any atom is 0.235 e. The van der Waals surface area contributed by atoms with Crippen LogP contribution in [0.15, 0.2) is 48.5 Å². The number of fused-ring (bicyclic) bond motifs is 3. The van der Waals surface area contributed by atoms with Crippen molar-refractivity contribution in [3.8, 4) is 11.1 Å². The Bertz CT molecular complexity index is 718. The highest BCUT2D eigenvalue weighted by Crippen LogP contribution is 2.51. The Morgan fingerprint density at radius 3 is 1.89 bits per heavy atom. The Hall–Kier alpha value is -2.13. The van der Waals surface area contributed by atoms with Crippen LogP contribution in [-0.4, -0.2) is 18.5 Å². The largest absolute Gasteiger partial charge is 0.355 e. The second-order valence-electron chi connectivity index (χ2n) is 7.91. The van der Waals surface area contributed by atoms with Gasteiger partial charge >= 0.3 is 0 Å². The number of likely N-dealkylation sites (N-methyl/N-ethyl adjacent to an activating group) is 1. The molecule has 3 heteroatoms. The molecule has 0 saturated carbocycles. The van der Waals surface area contributed by atoms with E-state index >= 15 is 0 Å². The molecule has 28 heavy (non-hydrogen) atoms. The molecule has 3 N–H and O–H groups in total. The summed E-state index contributed by atoms with van der Waals surface area (Å²) < 4.78 is 0. The lowest BCUT2D eigenvalue weighted by atomic mass is 9.73. The van der Waals surface area contributed by atoms with Crippen LogP contribution in [0.2, 0.25) is 0 Å².